The predicted octanol–water partition coefficient (Wildman–Crippen LogP) is 1.44. The number of nitrogens with one attached hydrogen (secondary N) is 1. The van der Waals surface area contributed by atoms with Crippen molar-refractivity contribution in [2.24, 2.45) is 0 Å². The van der Waals surface area contributed by atoms with Gasteiger partial charge in [0.05, 0.1) is 0 Å². The summed E-state index contributed by atoms with van der Waals surface area (Å²) >= 11 is 0. The molecule has 0 aromatic rings. The highest BCUT2D eigenvalue weighted by molar-refractivity contribution is 4.99. The van der Waals surface area contributed by atoms with Crippen molar-refractivity contribution < 1.29 is 0 Å². The van der Waals surface area contributed by atoms with Crippen LogP contribution in [0.1, 0.15) is 44.9 Å². The summed E-state index contributed by atoms with van der Waals surface area (Å²) in [5, 5.41) is 3.82. The first-order valence-corrected chi connectivity index (χ1v) is 8.01. The Bertz CT molecular complexity index is 302. The van der Waals surface area contributed by atoms with Crippen molar-refractivity contribution in [3.05, 3.63) is 0 Å². The van der Waals surface area contributed by atoms with Gasteiger partial charge in [-0.2, -0.15) is 0 Å². The van der Waals surface area contributed by atoms with E-state index in [-0.39, 0.29) is 0 Å². The predicted molar refractivity (Wildman–Crippen MR) is 73.7 cm³/mol. The summed E-state index contributed by atoms with van der Waals surface area (Å²) in [6, 6.07) is 4.31. The SMILES string of the molecule is CN1C2CCC1CC(N1CCC3CCC(C1)N3)C2. The number of nitrogens with zero attached hydrogens (tertiary/aromatic N) is 2. The number of piperidine rings is 1. The van der Waals surface area contributed by atoms with Gasteiger partial charge in [0.15, 0.2) is 0 Å². The molecule has 4 unspecified atom stereocenters. The number of hydrogen-bond acceptors (Lipinski definition) is 3. The molecule has 4 atom stereocenters. The second kappa shape index (κ2) is 4.46. The highest BCUT2D eigenvalue weighted by Gasteiger charge is 2.41. The molecule has 0 saturated carbocycles. The number of fused-ring (bicyclic) bond motifs is 4. The number of likely N-dealkylation sites (tertiary alicyclic amines) is 1. The van der Waals surface area contributed by atoms with Gasteiger partial charge in [0, 0.05) is 36.8 Å². The maximum absolute atomic E-state index is 3.82. The molecule has 4 aliphatic heterocycles. The first-order chi connectivity index (χ1) is 8.79. The van der Waals surface area contributed by atoms with Gasteiger partial charge < -0.3 is 10.2 Å². The van der Waals surface area contributed by atoms with E-state index >= 15 is 0 Å². The third kappa shape index (κ3) is 1.91. The third-order valence-corrected chi connectivity index (χ3v) is 6.14. The highest BCUT2D eigenvalue weighted by Crippen LogP contribution is 2.37. The van der Waals surface area contributed by atoms with E-state index in [1.165, 1.54) is 58.0 Å². The van der Waals surface area contributed by atoms with E-state index in [1.807, 2.05) is 0 Å². The van der Waals surface area contributed by atoms with Crippen LogP contribution in [-0.4, -0.2) is 60.1 Å². The van der Waals surface area contributed by atoms with Crippen molar-refractivity contribution in [1.82, 2.24) is 15.1 Å². The Morgan fingerprint density at radius 2 is 1.56 bits per heavy atom. The Balaban J connectivity index is 1.44. The van der Waals surface area contributed by atoms with Gasteiger partial charge in [-0.1, -0.05) is 0 Å². The Hall–Kier alpha value is -0.120. The maximum Gasteiger partial charge on any atom is 0.0198 e. The molecule has 4 heterocycles. The Morgan fingerprint density at radius 3 is 2.33 bits per heavy atom. The Labute approximate surface area is 111 Å². The van der Waals surface area contributed by atoms with Crippen LogP contribution in [0.2, 0.25) is 0 Å². The molecule has 0 radical (unpaired) electrons. The van der Waals surface area contributed by atoms with E-state index in [4.69, 9.17) is 0 Å². The van der Waals surface area contributed by atoms with Gasteiger partial charge in [-0.25, -0.2) is 0 Å². The van der Waals surface area contributed by atoms with Crippen LogP contribution < -0.4 is 5.32 Å². The smallest absolute Gasteiger partial charge is 0.0198 e. The third-order valence-electron chi connectivity index (χ3n) is 6.14. The van der Waals surface area contributed by atoms with Crippen molar-refractivity contribution in [1.29, 1.82) is 0 Å². The van der Waals surface area contributed by atoms with Crippen LogP contribution in [0.5, 0.6) is 0 Å². The van der Waals surface area contributed by atoms with Crippen LogP contribution in [-0.2, 0) is 0 Å². The Morgan fingerprint density at radius 1 is 0.833 bits per heavy atom. The van der Waals surface area contributed by atoms with Gasteiger partial charge in [0.25, 0.3) is 0 Å². The minimum absolute atomic E-state index is 0.801. The lowest BCUT2D eigenvalue weighted by Crippen LogP contribution is -2.50. The highest BCUT2D eigenvalue weighted by atomic mass is 15.3. The average Bonchev–Trinajstić information content (AvgIpc) is 2.76. The van der Waals surface area contributed by atoms with Gasteiger partial charge in [-0.05, 0) is 58.5 Å². The van der Waals surface area contributed by atoms with Gasteiger partial charge >= 0.3 is 0 Å². The van der Waals surface area contributed by atoms with Crippen molar-refractivity contribution in [2.75, 3.05) is 20.1 Å². The molecule has 4 bridgehead atoms. The average molecular weight is 249 g/mol. The van der Waals surface area contributed by atoms with E-state index < -0.39 is 0 Å². The zero-order chi connectivity index (χ0) is 12.1. The summed E-state index contributed by atoms with van der Waals surface area (Å²) in [5.41, 5.74) is 0. The summed E-state index contributed by atoms with van der Waals surface area (Å²) in [5.74, 6) is 0. The minimum atomic E-state index is 0.801. The van der Waals surface area contributed by atoms with Crippen molar-refractivity contribution in [2.45, 2.75) is 75.2 Å². The molecule has 1 N–H and O–H groups in total. The molecule has 4 fully saturated rings. The molecular formula is C15H27N3. The second-order valence-electron chi connectivity index (χ2n) is 7.10. The van der Waals surface area contributed by atoms with Crippen LogP contribution in [0.25, 0.3) is 0 Å². The van der Waals surface area contributed by atoms with Crippen LogP contribution in [0, 0.1) is 0 Å². The minimum Gasteiger partial charge on any atom is -0.310 e. The molecule has 0 aromatic heterocycles. The molecular weight excluding hydrogens is 222 g/mol. The van der Waals surface area contributed by atoms with Gasteiger partial charge in [0.1, 0.15) is 0 Å². The molecule has 3 heteroatoms. The van der Waals surface area contributed by atoms with Gasteiger partial charge in [0.2, 0.25) is 0 Å². The molecule has 3 nitrogen and oxygen atoms in total. The van der Waals surface area contributed by atoms with Crippen molar-refractivity contribution in [3.8, 4) is 0 Å². The Kier molecular flexibility index (Phi) is 2.90. The molecule has 18 heavy (non-hydrogen) atoms. The fourth-order valence-electron chi connectivity index (χ4n) is 4.98. The van der Waals surface area contributed by atoms with Gasteiger partial charge in [-0.15, -0.1) is 0 Å². The maximum atomic E-state index is 3.82. The topological polar surface area (TPSA) is 18.5 Å². The monoisotopic (exact) mass is 249 g/mol. The summed E-state index contributed by atoms with van der Waals surface area (Å²) in [6.07, 6.45) is 10.0. The first kappa shape index (κ1) is 11.7. The van der Waals surface area contributed by atoms with E-state index in [1.54, 1.807) is 0 Å². The molecule has 4 saturated heterocycles. The van der Waals surface area contributed by atoms with E-state index in [9.17, 15) is 0 Å². The lowest BCUT2D eigenvalue weighted by Gasteiger charge is -2.42. The first-order valence-electron chi connectivity index (χ1n) is 8.01. The quantitative estimate of drug-likeness (QED) is 0.758. The summed E-state index contributed by atoms with van der Waals surface area (Å²) in [4.78, 5) is 5.51. The molecule has 0 amide bonds. The lowest BCUT2D eigenvalue weighted by atomic mass is 9.95. The van der Waals surface area contributed by atoms with Crippen LogP contribution in [0.4, 0.5) is 0 Å². The summed E-state index contributed by atoms with van der Waals surface area (Å²) in [7, 11) is 2.35. The van der Waals surface area contributed by atoms with E-state index in [0.717, 1.165) is 30.2 Å². The second-order valence-corrected chi connectivity index (χ2v) is 7.10. The molecule has 0 spiro atoms. The standard InChI is InChI=1S/C15H27N3/c1-17-13-4-5-14(17)9-15(8-13)18-7-6-11-2-3-12(10-18)16-11/h11-16H,2-10H2,1H3. The summed E-state index contributed by atoms with van der Waals surface area (Å²) in [6.45, 7) is 2.67. The van der Waals surface area contributed by atoms with Gasteiger partial charge in [-0.3, -0.25) is 4.90 Å². The van der Waals surface area contributed by atoms with Crippen molar-refractivity contribution in [3.63, 3.8) is 0 Å². The van der Waals surface area contributed by atoms with E-state index in [0.29, 0.717) is 0 Å². The summed E-state index contributed by atoms with van der Waals surface area (Å²) < 4.78 is 0. The molecule has 0 aromatic carbocycles. The fraction of sp³-hybridized carbons (Fsp3) is 1.00. The zero-order valence-corrected chi connectivity index (χ0v) is 11.6. The number of rotatable bonds is 1. The molecule has 102 valence electrons. The normalized spacial score (nSPS) is 49.5. The van der Waals surface area contributed by atoms with E-state index in [2.05, 4.69) is 22.2 Å². The largest absolute Gasteiger partial charge is 0.310 e. The molecule has 0 aliphatic carbocycles. The molecule has 4 rings (SSSR count). The molecule has 4 aliphatic rings. The van der Waals surface area contributed by atoms with Crippen LogP contribution >= 0.6 is 0 Å². The number of hydrogen-bond donors (Lipinski definition) is 1. The van der Waals surface area contributed by atoms with Crippen LogP contribution in [0.3, 0.4) is 0 Å². The fourth-order valence-corrected chi connectivity index (χ4v) is 4.98. The van der Waals surface area contributed by atoms with Crippen molar-refractivity contribution >= 4 is 0 Å². The lowest BCUT2D eigenvalue weighted by molar-refractivity contribution is 0.0725. The van der Waals surface area contributed by atoms with Crippen LogP contribution in [0.15, 0.2) is 0 Å². The zero-order valence-electron chi connectivity index (χ0n) is 11.6.